The van der Waals surface area contributed by atoms with Crippen LogP contribution in [0.4, 0.5) is 14.5 Å². The van der Waals surface area contributed by atoms with Gasteiger partial charge >= 0.3 is 0 Å². The molecule has 0 aliphatic carbocycles. The third-order valence-electron chi connectivity index (χ3n) is 9.10. The van der Waals surface area contributed by atoms with E-state index in [-0.39, 0.29) is 24.3 Å². The number of carbonyl (C=O) groups is 1. The molecule has 1 saturated heterocycles. The Morgan fingerprint density at radius 1 is 1.04 bits per heavy atom. The summed E-state index contributed by atoms with van der Waals surface area (Å²) < 4.78 is 41.7. The number of ether oxygens (including phenoxy) is 2. The highest BCUT2D eigenvalue weighted by Crippen LogP contribution is 2.28. The first kappa shape index (κ1) is 35.6. The maximum Gasteiger partial charge on any atom is 0.278 e. The highest BCUT2D eigenvalue weighted by molar-refractivity contribution is 5.97. The number of fused-ring (bicyclic) bond motifs is 1. The Bertz CT molecular complexity index is 2100. The molecule has 1 fully saturated rings. The van der Waals surface area contributed by atoms with Crippen LogP contribution in [0.1, 0.15) is 57.8 Å². The predicted molar refractivity (Wildman–Crippen MR) is 193 cm³/mol. The number of ketones is 1. The van der Waals surface area contributed by atoms with E-state index >= 15 is 0 Å². The first-order valence-corrected chi connectivity index (χ1v) is 17.2. The summed E-state index contributed by atoms with van der Waals surface area (Å²) in [5, 5.41) is 0.823. The van der Waals surface area contributed by atoms with Crippen molar-refractivity contribution in [1.82, 2.24) is 19.3 Å². The molecular weight excluding hydrogens is 654 g/mol. The van der Waals surface area contributed by atoms with E-state index in [1.807, 2.05) is 24.3 Å². The summed E-state index contributed by atoms with van der Waals surface area (Å²) in [5.74, 6) is -0.926. The largest absolute Gasteiger partial charge is 0.491 e. The topological polar surface area (TPSA) is 118 Å². The zero-order valence-electron chi connectivity index (χ0n) is 28.9. The fraction of sp³-hybridized carbons (Fsp3) is 0.333. The molecule has 0 saturated carbocycles. The van der Waals surface area contributed by atoms with Crippen LogP contribution in [0.25, 0.3) is 17.0 Å². The molecule has 1 aliphatic heterocycles. The number of anilines is 1. The number of rotatable bonds is 14. The number of halogens is 2. The molecule has 0 amide bonds. The second-order valence-electron chi connectivity index (χ2n) is 12.6. The van der Waals surface area contributed by atoms with Gasteiger partial charge in [-0.1, -0.05) is 30.4 Å². The number of Topliss-reactive ketones (excluding diaryl/α,β-unsaturated/α-hetero) is 1. The molecule has 6 rings (SSSR count). The van der Waals surface area contributed by atoms with Gasteiger partial charge in [-0.3, -0.25) is 14.3 Å². The van der Waals surface area contributed by atoms with E-state index in [1.165, 1.54) is 16.4 Å². The Hall–Kier alpha value is -5.20. The molecule has 2 aromatic heterocycles. The van der Waals surface area contributed by atoms with Gasteiger partial charge in [0.2, 0.25) is 0 Å². The predicted octanol–water partition coefficient (Wildman–Crippen LogP) is 5.60. The van der Waals surface area contributed by atoms with Gasteiger partial charge in [0.15, 0.2) is 17.4 Å². The van der Waals surface area contributed by atoms with Gasteiger partial charge in [0.05, 0.1) is 26.4 Å². The maximum atomic E-state index is 13.8. The van der Waals surface area contributed by atoms with Crippen LogP contribution in [0.3, 0.4) is 0 Å². The Balaban J connectivity index is 1.14. The quantitative estimate of drug-likeness (QED) is 0.118. The van der Waals surface area contributed by atoms with Gasteiger partial charge in [0.1, 0.15) is 22.7 Å². The van der Waals surface area contributed by atoms with Gasteiger partial charge in [-0.05, 0) is 79.4 Å². The second-order valence-corrected chi connectivity index (χ2v) is 12.6. The molecule has 5 aromatic rings. The molecule has 266 valence electrons. The zero-order valence-corrected chi connectivity index (χ0v) is 28.9. The van der Waals surface area contributed by atoms with Crippen molar-refractivity contribution in [2.24, 2.45) is 12.8 Å². The lowest BCUT2D eigenvalue weighted by molar-refractivity contribution is 0.0982. The Morgan fingerprint density at radius 3 is 2.55 bits per heavy atom. The molecule has 0 unspecified atom stereocenters. The summed E-state index contributed by atoms with van der Waals surface area (Å²) in [4.78, 5) is 38.3. The summed E-state index contributed by atoms with van der Waals surface area (Å²) in [5.41, 5.74) is 10.1. The minimum atomic E-state index is -0.992. The van der Waals surface area contributed by atoms with Gasteiger partial charge in [-0.2, -0.15) is 0 Å². The minimum Gasteiger partial charge on any atom is -0.491 e. The van der Waals surface area contributed by atoms with Crippen LogP contribution < -0.4 is 20.9 Å². The van der Waals surface area contributed by atoms with Crippen molar-refractivity contribution in [3.63, 3.8) is 0 Å². The molecule has 0 spiro atoms. The Kier molecular flexibility index (Phi) is 11.3. The van der Waals surface area contributed by atoms with Crippen LogP contribution in [0.2, 0.25) is 0 Å². The van der Waals surface area contributed by atoms with E-state index in [4.69, 9.17) is 20.2 Å². The van der Waals surface area contributed by atoms with Crippen LogP contribution >= 0.6 is 0 Å². The lowest BCUT2D eigenvalue weighted by Crippen LogP contribution is -2.36. The fourth-order valence-electron chi connectivity index (χ4n) is 6.19. The van der Waals surface area contributed by atoms with E-state index in [0.29, 0.717) is 60.8 Å². The molecule has 51 heavy (non-hydrogen) atoms. The van der Waals surface area contributed by atoms with Crippen molar-refractivity contribution >= 4 is 28.4 Å². The molecule has 0 bridgehead atoms. The molecular formula is C39H42F2N6O4. The maximum absolute atomic E-state index is 13.8. The van der Waals surface area contributed by atoms with E-state index in [2.05, 4.69) is 34.1 Å². The van der Waals surface area contributed by atoms with Crippen molar-refractivity contribution in [3.05, 3.63) is 123 Å². The summed E-state index contributed by atoms with van der Waals surface area (Å²) in [6.07, 6.45) is 7.39. The van der Waals surface area contributed by atoms with Crippen molar-refractivity contribution in [3.8, 4) is 5.75 Å². The molecule has 3 heterocycles. The third kappa shape index (κ3) is 8.41. The highest BCUT2D eigenvalue weighted by atomic mass is 19.2. The highest BCUT2D eigenvalue weighted by Gasteiger charge is 2.21. The molecule has 3 aromatic carbocycles. The van der Waals surface area contributed by atoms with Crippen molar-refractivity contribution in [1.29, 1.82) is 0 Å². The smallest absolute Gasteiger partial charge is 0.278 e. The van der Waals surface area contributed by atoms with Crippen LogP contribution in [0, 0.1) is 18.6 Å². The number of allylic oxidation sites excluding steroid dienone is 1. The molecule has 2 N–H and O–H groups in total. The average molecular weight is 697 g/mol. The first-order valence-electron chi connectivity index (χ1n) is 17.2. The first-order chi connectivity index (χ1) is 24.7. The van der Waals surface area contributed by atoms with Crippen molar-refractivity contribution in [2.45, 2.75) is 39.2 Å². The van der Waals surface area contributed by atoms with Crippen LogP contribution in [0.15, 0.2) is 71.7 Å². The summed E-state index contributed by atoms with van der Waals surface area (Å²) in [7, 11) is 1.66. The lowest BCUT2D eigenvalue weighted by Gasteiger charge is -2.28. The average Bonchev–Trinajstić information content (AvgIpc) is 3.35. The zero-order chi connectivity index (χ0) is 35.9. The van der Waals surface area contributed by atoms with Gasteiger partial charge in [0.25, 0.3) is 5.56 Å². The van der Waals surface area contributed by atoms with E-state index in [9.17, 15) is 18.4 Å². The number of hydrogen-bond donors (Lipinski definition) is 1. The van der Waals surface area contributed by atoms with E-state index in [1.54, 1.807) is 24.9 Å². The molecule has 10 nitrogen and oxygen atoms in total. The number of carbonyl (C=O) groups excluding carboxylic acids is 1. The Labute approximate surface area is 295 Å². The minimum absolute atomic E-state index is 0.00582. The number of nitrogens with two attached hydrogens (primary N) is 1. The SMILES string of the molecule is Cc1c(C(=O)CC/C=C/c2cc(OCCCN)c3nc(Cc4ccc(N5CCOCC5)cc4)ncc3c2)c(=O)n(Cc2ccc(F)c(F)c2)n1C. The van der Waals surface area contributed by atoms with Crippen LogP contribution in [-0.2, 0) is 24.8 Å². The molecule has 1 aliphatic rings. The third-order valence-corrected chi connectivity index (χ3v) is 9.10. The monoisotopic (exact) mass is 696 g/mol. The number of hydrogen-bond acceptors (Lipinski definition) is 8. The van der Waals surface area contributed by atoms with Crippen LogP contribution in [0.5, 0.6) is 5.75 Å². The van der Waals surface area contributed by atoms with Crippen LogP contribution in [-0.4, -0.2) is 64.6 Å². The molecule has 12 heteroatoms. The normalized spacial score (nSPS) is 13.4. The van der Waals surface area contributed by atoms with Gasteiger partial charge in [-0.25, -0.2) is 23.4 Å². The Morgan fingerprint density at radius 2 is 1.80 bits per heavy atom. The summed E-state index contributed by atoms with van der Waals surface area (Å²) in [6.45, 7) is 5.90. The number of aromatic nitrogens is 4. The molecule has 0 atom stereocenters. The van der Waals surface area contributed by atoms with Crippen molar-refractivity contribution < 1.29 is 23.0 Å². The standard InChI is InChI=1S/C39H42F2N6O4/c1-26-37(39(49)47(45(26)2)25-29-10-13-32(40)33(41)21-29)34(48)7-4-3-6-28-20-30-24-43-36(44-38(30)35(22-28)51-17-5-14-42)23-27-8-11-31(12-9-27)46-15-18-50-19-16-46/h3,6,8-13,20-22,24H,4-5,7,14-19,23,25,42H2,1-2H3/b6-3+. The van der Waals surface area contributed by atoms with E-state index in [0.717, 1.165) is 54.9 Å². The number of benzene rings is 3. The molecule has 0 radical (unpaired) electrons. The summed E-state index contributed by atoms with van der Waals surface area (Å²) >= 11 is 0. The second kappa shape index (κ2) is 16.2. The van der Waals surface area contributed by atoms with Gasteiger partial charge in [0, 0.05) is 55.9 Å². The number of nitrogens with zero attached hydrogens (tertiary/aromatic N) is 5. The summed E-state index contributed by atoms with van der Waals surface area (Å²) in [6, 6.07) is 15.9. The number of morpholine rings is 1. The fourth-order valence-corrected chi connectivity index (χ4v) is 6.19. The van der Waals surface area contributed by atoms with Crippen molar-refractivity contribution in [2.75, 3.05) is 44.4 Å². The van der Waals surface area contributed by atoms with Gasteiger partial charge < -0.3 is 20.1 Å². The van der Waals surface area contributed by atoms with Gasteiger partial charge in [-0.15, -0.1) is 0 Å². The lowest BCUT2D eigenvalue weighted by atomic mass is 10.1. The van der Waals surface area contributed by atoms with E-state index < -0.39 is 17.2 Å².